The standard InChI is InChI=1S/C9H19N3OS/c1-9(2,3)11-8(13)6-12(4)5-7(10)14/h5-6H2,1-4H3,(H2,10,14)(H,11,13)/p+1. The lowest BCUT2D eigenvalue weighted by atomic mass is 10.1. The Morgan fingerprint density at radius 2 is 1.93 bits per heavy atom. The van der Waals surface area contributed by atoms with E-state index in [1.807, 2.05) is 27.8 Å². The molecule has 0 heterocycles. The van der Waals surface area contributed by atoms with Gasteiger partial charge >= 0.3 is 0 Å². The predicted molar refractivity (Wildman–Crippen MR) is 61.3 cm³/mol. The third-order valence-electron chi connectivity index (χ3n) is 1.45. The van der Waals surface area contributed by atoms with E-state index in [1.165, 1.54) is 0 Å². The zero-order valence-electron chi connectivity index (χ0n) is 9.31. The van der Waals surface area contributed by atoms with Gasteiger partial charge < -0.3 is 16.0 Å². The number of carbonyl (C=O) groups is 1. The van der Waals surface area contributed by atoms with Crippen molar-refractivity contribution in [3.05, 3.63) is 0 Å². The average molecular weight is 218 g/mol. The molecule has 0 aliphatic heterocycles. The molecule has 0 saturated heterocycles. The Morgan fingerprint density at radius 1 is 1.43 bits per heavy atom. The second-order valence-electron chi connectivity index (χ2n) is 4.58. The van der Waals surface area contributed by atoms with Gasteiger partial charge in [-0.3, -0.25) is 4.79 Å². The highest BCUT2D eigenvalue weighted by molar-refractivity contribution is 7.80. The van der Waals surface area contributed by atoms with Crippen molar-refractivity contribution in [1.82, 2.24) is 5.32 Å². The van der Waals surface area contributed by atoms with Crippen LogP contribution in [-0.2, 0) is 4.79 Å². The Kier molecular flexibility index (Phi) is 5.01. The Hall–Kier alpha value is -0.680. The van der Waals surface area contributed by atoms with E-state index in [0.29, 0.717) is 18.1 Å². The molecule has 4 nitrogen and oxygen atoms in total. The summed E-state index contributed by atoms with van der Waals surface area (Å²) >= 11 is 4.76. The van der Waals surface area contributed by atoms with Crippen molar-refractivity contribution in [3.8, 4) is 0 Å². The molecule has 0 bridgehead atoms. The molecule has 0 aromatic carbocycles. The summed E-state index contributed by atoms with van der Waals surface area (Å²) < 4.78 is 0. The maximum absolute atomic E-state index is 11.4. The van der Waals surface area contributed by atoms with Gasteiger partial charge in [0, 0.05) is 5.54 Å². The predicted octanol–water partition coefficient (Wildman–Crippen LogP) is -1.30. The van der Waals surface area contributed by atoms with Gasteiger partial charge in [-0.05, 0) is 20.8 Å². The fourth-order valence-electron chi connectivity index (χ4n) is 1.10. The van der Waals surface area contributed by atoms with Gasteiger partial charge in [-0.1, -0.05) is 12.2 Å². The molecule has 0 aromatic heterocycles. The van der Waals surface area contributed by atoms with Gasteiger partial charge in [0.1, 0.15) is 11.5 Å². The average Bonchev–Trinajstić information content (AvgIpc) is 1.77. The monoisotopic (exact) mass is 218 g/mol. The zero-order valence-corrected chi connectivity index (χ0v) is 10.1. The van der Waals surface area contributed by atoms with E-state index in [0.717, 1.165) is 4.90 Å². The van der Waals surface area contributed by atoms with E-state index in [-0.39, 0.29) is 11.4 Å². The Labute approximate surface area is 90.8 Å². The second kappa shape index (κ2) is 5.26. The molecule has 0 fully saturated rings. The number of likely N-dealkylation sites (N-methyl/N-ethyl adjacent to an activating group) is 1. The molecule has 0 rings (SSSR count). The third kappa shape index (κ3) is 7.94. The van der Waals surface area contributed by atoms with Crippen LogP contribution in [0, 0.1) is 0 Å². The highest BCUT2D eigenvalue weighted by Gasteiger charge is 2.16. The first-order valence-corrected chi connectivity index (χ1v) is 5.02. The van der Waals surface area contributed by atoms with Crippen molar-refractivity contribution in [2.75, 3.05) is 20.1 Å². The number of carbonyl (C=O) groups excluding carboxylic acids is 1. The van der Waals surface area contributed by atoms with Gasteiger partial charge in [0.15, 0.2) is 6.54 Å². The number of hydrogen-bond donors (Lipinski definition) is 3. The van der Waals surface area contributed by atoms with Crippen molar-refractivity contribution in [2.24, 2.45) is 5.73 Å². The number of nitrogens with one attached hydrogen (secondary N) is 2. The minimum Gasteiger partial charge on any atom is -0.389 e. The Bertz CT molecular complexity index is 223. The molecule has 4 N–H and O–H groups in total. The molecule has 14 heavy (non-hydrogen) atoms. The zero-order chi connectivity index (χ0) is 11.4. The normalized spacial score (nSPS) is 13.4. The third-order valence-corrected chi connectivity index (χ3v) is 1.60. The van der Waals surface area contributed by atoms with Crippen LogP contribution >= 0.6 is 12.2 Å². The first-order valence-electron chi connectivity index (χ1n) is 4.61. The van der Waals surface area contributed by atoms with Crippen molar-refractivity contribution in [2.45, 2.75) is 26.3 Å². The van der Waals surface area contributed by atoms with Crippen LogP contribution in [-0.4, -0.2) is 36.6 Å². The minimum absolute atomic E-state index is 0.0197. The number of thiocarbonyl (C=S) groups is 1. The minimum atomic E-state index is -0.180. The lowest BCUT2D eigenvalue weighted by molar-refractivity contribution is -0.861. The molecule has 0 spiro atoms. The fourth-order valence-corrected chi connectivity index (χ4v) is 1.34. The summed E-state index contributed by atoms with van der Waals surface area (Å²) in [5, 5.41) is 2.88. The van der Waals surface area contributed by atoms with E-state index in [1.54, 1.807) is 0 Å². The van der Waals surface area contributed by atoms with Crippen LogP contribution < -0.4 is 16.0 Å². The van der Waals surface area contributed by atoms with Crippen molar-refractivity contribution in [3.63, 3.8) is 0 Å². The molecular weight excluding hydrogens is 198 g/mol. The summed E-state index contributed by atoms with van der Waals surface area (Å²) in [6.07, 6.45) is 0. The number of amides is 1. The molecule has 82 valence electrons. The summed E-state index contributed by atoms with van der Waals surface area (Å²) in [6, 6.07) is 0. The van der Waals surface area contributed by atoms with Crippen LogP contribution in [0.5, 0.6) is 0 Å². The summed E-state index contributed by atoms with van der Waals surface area (Å²) in [7, 11) is 1.89. The van der Waals surface area contributed by atoms with Crippen LogP contribution in [0.3, 0.4) is 0 Å². The van der Waals surface area contributed by atoms with Gasteiger partial charge in [0.2, 0.25) is 0 Å². The highest BCUT2D eigenvalue weighted by atomic mass is 32.1. The molecule has 0 radical (unpaired) electrons. The second-order valence-corrected chi connectivity index (χ2v) is 5.10. The molecule has 0 aliphatic rings. The lowest BCUT2D eigenvalue weighted by Crippen LogP contribution is -3.11. The van der Waals surface area contributed by atoms with E-state index in [9.17, 15) is 4.79 Å². The number of rotatable bonds is 4. The maximum atomic E-state index is 11.4. The first kappa shape index (κ1) is 13.3. The van der Waals surface area contributed by atoms with Crippen molar-refractivity contribution in [1.29, 1.82) is 0 Å². The Morgan fingerprint density at radius 3 is 2.29 bits per heavy atom. The largest absolute Gasteiger partial charge is 0.389 e. The van der Waals surface area contributed by atoms with Crippen LogP contribution in [0.25, 0.3) is 0 Å². The molecule has 1 unspecified atom stereocenters. The topological polar surface area (TPSA) is 59.6 Å². The number of hydrogen-bond acceptors (Lipinski definition) is 2. The Balaban J connectivity index is 3.89. The van der Waals surface area contributed by atoms with E-state index in [2.05, 4.69) is 5.32 Å². The smallest absolute Gasteiger partial charge is 0.275 e. The maximum Gasteiger partial charge on any atom is 0.275 e. The summed E-state index contributed by atoms with van der Waals surface area (Å²) in [4.78, 5) is 12.9. The molecule has 0 aromatic rings. The summed E-state index contributed by atoms with van der Waals surface area (Å²) in [6.45, 7) is 6.80. The van der Waals surface area contributed by atoms with Gasteiger partial charge in [-0.2, -0.15) is 0 Å². The molecule has 0 aliphatic carbocycles. The molecule has 0 saturated carbocycles. The van der Waals surface area contributed by atoms with Crippen LogP contribution in [0.4, 0.5) is 0 Å². The molecule has 1 amide bonds. The van der Waals surface area contributed by atoms with Crippen molar-refractivity contribution >= 4 is 23.1 Å². The van der Waals surface area contributed by atoms with Gasteiger partial charge in [-0.25, -0.2) is 0 Å². The van der Waals surface area contributed by atoms with Crippen LogP contribution in [0.2, 0.25) is 0 Å². The SMILES string of the molecule is C[NH+](CC(=O)NC(C)(C)C)CC(N)=S. The van der Waals surface area contributed by atoms with E-state index >= 15 is 0 Å². The van der Waals surface area contributed by atoms with Crippen LogP contribution in [0.1, 0.15) is 20.8 Å². The van der Waals surface area contributed by atoms with Crippen molar-refractivity contribution < 1.29 is 9.69 Å². The van der Waals surface area contributed by atoms with Crippen LogP contribution in [0.15, 0.2) is 0 Å². The molecule has 5 heteroatoms. The van der Waals surface area contributed by atoms with E-state index in [4.69, 9.17) is 18.0 Å². The van der Waals surface area contributed by atoms with Gasteiger partial charge in [0.25, 0.3) is 5.91 Å². The van der Waals surface area contributed by atoms with Gasteiger partial charge in [0.05, 0.1) is 7.05 Å². The summed E-state index contributed by atoms with van der Waals surface area (Å²) in [5.41, 5.74) is 5.20. The first-order chi connectivity index (χ1) is 6.20. The van der Waals surface area contributed by atoms with Gasteiger partial charge in [-0.15, -0.1) is 0 Å². The van der Waals surface area contributed by atoms with E-state index < -0.39 is 0 Å². The summed E-state index contributed by atoms with van der Waals surface area (Å²) in [5.74, 6) is 0.0197. The highest BCUT2D eigenvalue weighted by Crippen LogP contribution is 1.96. The lowest BCUT2D eigenvalue weighted by Gasteiger charge is -2.21. The number of quaternary nitrogens is 1. The number of nitrogens with two attached hydrogens (primary N) is 1. The fraction of sp³-hybridized carbons (Fsp3) is 0.778. The quantitative estimate of drug-likeness (QED) is 0.514. The molecule has 1 atom stereocenters. The molecular formula is C9H20N3OS+.